The minimum absolute atomic E-state index is 0.114. The number of unbranched alkanes of at least 4 members (excludes halogenated alkanes) is 3. The lowest BCUT2D eigenvalue weighted by Crippen LogP contribution is -2.16. The van der Waals surface area contributed by atoms with Crippen LogP contribution in [0.25, 0.3) is 22.5 Å². The van der Waals surface area contributed by atoms with Crippen LogP contribution in [-0.2, 0) is 22.4 Å². The molecule has 1 atom stereocenters. The first-order valence-electron chi connectivity index (χ1n) is 12.3. The molecule has 1 aromatic heterocycles. The summed E-state index contributed by atoms with van der Waals surface area (Å²) in [5, 5.41) is 0. The molecule has 0 aliphatic heterocycles. The molecule has 1 unspecified atom stereocenters. The lowest BCUT2D eigenvalue weighted by Gasteiger charge is -2.13. The summed E-state index contributed by atoms with van der Waals surface area (Å²) >= 11 is 0. The molecular weight excluding hydrogens is 408 g/mol. The third-order valence-corrected chi connectivity index (χ3v) is 5.76. The van der Waals surface area contributed by atoms with Crippen LogP contribution in [0.3, 0.4) is 0 Å². The molecule has 0 spiro atoms. The normalized spacial score (nSPS) is 11.8. The SMILES string of the molecule is CCCCCCc1cnc(-c2ccc(-c3ccc(CC(C)OC(=O)CCC)cc3)cc2)nc1. The second-order valence-corrected chi connectivity index (χ2v) is 8.75. The highest BCUT2D eigenvalue weighted by molar-refractivity contribution is 5.69. The van der Waals surface area contributed by atoms with Gasteiger partial charge in [-0.05, 0) is 48.4 Å². The zero-order chi connectivity index (χ0) is 23.5. The maximum absolute atomic E-state index is 11.7. The van der Waals surface area contributed by atoms with Crippen LogP contribution in [0.2, 0.25) is 0 Å². The van der Waals surface area contributed by atoms with Crippen molar-refractivity contribution in [1.82, 2.24) is 9.97 Å². The third-order valence-electron chi connectivity index (χ3n) is 5.76. The molecule has 0 bridgehead atoms. The number of hydrogen-bond acceptors (Lipinski definition) is 4. The van der Waals surface area contributed by atoms with Crippen molar-refractivity contribution in [2.24, 2.45) is 0 Å². The summed E-state index contributed by atoms with van der Waals surface area (Å²) < 4.78 is 5.45. The number of hydrogen-bond donors (Lipinski definition) is 0. The predicted octanol–water partition coefficient (Wildman–Crippen LogP) is 7.21. The first kappa shape index (κ1) is 24.6. The van der Waals surface area contributed by atoms with Crippen molar-refractivity contribution in [2.45, 2.75) is 78.2 Å². The number of carbonyl (C=O) groups excluding carboxylic acids is 1. The Bertz CT molecular complexity index is 980. The first-order chi connectivity index (χ1) is 16.1. The fraction of sp³-hybridized carbons (Fsp3) is 0.414. The van der Waals surface area contributed by atoms with E-state index in [0.717, 1.165) is 47.3 Å². The van der Waals surface area contributed by atoms with Gasteiger partial charge in [0.15, 0.2) is 5.82 Å². The highest BCUT2D eigenvalue weighted by Crippen LogP contribution is 2.24. The predicted molar refractivity (Wildman–Crippen MR) is 135 cm³/mol. The Morgan fingerprint density at radius 3 is 2.00 bits per heavy atom. The Balaban J connectivity index is 1.57. The van der Waals surface area contributed by atoms with Crippen molar-refractivity contribution in [3.8, 4) is 22.5 Å². The second-order valence-electron chi connectivity index (χ2n) is 8.75. The molecule has 174 valence electrons. The van der Waals surface area contributed by atoms with E-state index in [4.69, 9.17) is 4.74 Å². The van der Waals surface area contributed by atoms with E-state index in [0.29, 0.717) is 6.42 Å². The molecule has 4 heteroatoms. The van der Waals surface area contributed by atoms with Gasteiger partial charge in [-0.1, -0.05) is 81.6 Å². The van der Waals surface area contributed by atoms with Gasteiger partial charge in [0.25, 0.3) is 0 Å². The van der Waals surface area contributed by atoms with E-state index in [2.05, 4.69) is 65.4 Å². The number of aromatic nitrogens is 2. The number of esters is 1. The summed E-state index contributed by atoms with van der Waals surface area (Å²) in [7, 11) is 0. The summed E-state index contributed by atoms with van der Waals surface area (Å²) in [5.74, 6) is 0.646. The number of aryl methyl sites for hydroxylation is 1. The Morgan fingerprint density at radius 2 is 1.39 bits per heavy atom. The molecule has 0 saturated heterocycles. The lowest BCUT2D eigenvalue weighted by atomic mass is 10.0. The molecule has 0 saturated carbocycles. The maximum Gasteiger partial charge on any atom is 0.306 e. The van der Waals surface area contributed by atoms with Gasteiger partial charge in [0.1, 0.15) is 6.10 Å². The lowest BCUT2D eigenvalue weighted by molar-refractivity contribution is -0.148. The largest absolute Gasteiger partial charge is 0.462 e. The fourth-order valence-corrected chi connectivity index (χ4v) is 3.89. The Labute approximate surface area is 198 Å². The van der Waals surface area contributed by atoms with Crippen LogP contribution in [-0.4, -0.2) is 22.0 Å². The molecular formula is C29H36N2O2. The average molecular weight is 445 g/mol. The Morgan fingerprint density at radius 1 is 0.788 bits per heavy atom. The van der Waals surface area contributed by atoms with Crippen LogP contribution < -0.4 is 0 Å². The van der Waals surface area contributed by atoms with Crippen LogP contribution in [0.15, 0.2) is 60.9 Å². The van der Waals surface area contributed by atoms with Gasteiger partial charge in [-0.25, -0.2) is 9.97 Å². The zero-order valence-corrected chi connectivity index (χ0v) is 20.2. The highest BCUT2D eigenvalue weighted by Gasteiger charge is 2.10. The molecule has 4 nitrogen and oxygen atoms in total. The standard InChI is InChI=1S/C29H36N2O2/c1-4-6-7-8-10-24-20-30-29(31-21-24)27-17-15-26(16-18-27)25-13-11-23(12-14-25)19-22(3)33-28(32)9-5-2/h11-18,20-22H,4-10,19H2,1-3H3. The molecule has 3 rings (SSSR count). The van der Waals surface area contributed by atoms with Gasteiger partial charge >= 0.3 is 5.97 Å². The monoisotopic (exact) mass is 444 g/mol. The summed E-state index contributed by atoms with van der Waals surface area (Å²) in [4.78, 5) is 20.8. The van der Waals surface area contributed by atoms with Crippen LogP contribution in [0.1, 0.15) is 70.4 Å². The van der Waals surface area contributed by atoms with Crippen molar-refractivity contribution in [2.75, 3.05) is 0 Å². The van der Waals surface area contributed by atoms with E-state index < -0.39 is 0 Å². The van der Waals surface area contributed by atoms with Crippen molar-refractivity contribution in [3.63, 3.8) is 0 Å². The van der Waals surface area contributed by atoms with Crippen LogP contribution >= 0.6 is 0 Å². The first-order valence-corrected chi connectivity index (χ1v) is 12.3. The van der Waals surface area contributed by atoms with Crippen molar-refractivity contribution < 1.29 is 9.53 Å². The van der Waals surface area contributed by atoms with E-state index in [1.54, 1.807) is 0 Å². The Hall–Kier alpha value is -3.01. The van der Waals surface area contributed by atoms with Gasteiger partial charge in [-0.15, -0.1) is 0 Å². The van der Waals surface area contributed by atoms with Gasteiger partial charge in [0.2, 0.25) is 0 Å². The molecule has 2 aromatic carbocycles. The fourth-order valence-electron chi connectivity index (χ4n) is 3.89. The minimum atomic E-state index is -0.118. The molecule has 0 radical (unpaired) electrons. The summed E-state index contributed by atoms with van der Waals surface area (Å²) in [6, 6.07) is 16.8. The van der Waals surface area contributed by atoms with E-state index in [-0.39, 0.29) is 12.1 Å². The molecule has 3 aromatic rings. The van der Waals surface area contributed by atoms with Crippen molar-refractivity contribution in [1.29, 1.82) is 0 Å². The smallest absolute Gasteiger partial charge is 0.306 e. The molecule has 0 fully saturated rings. The highest BCUT2D eigenvalue weighted by atomic mass is 16.5. The average Bonchev–Trinajstić information content (AvgIpc) is 2.83. The van der Waals surface area contributed by atoms with Crippen LogP contribution in [0.5, 0.6) is 0 Å². The summed E-state index contributed by atoms with van der Waals surface area (Å²) in [6.45, 7) is 6.16. The molecule has 0 N–H and O–H groups in total. The number of nitrogens with zero attached hydrogens (tertiary/aromatic N) is 2. The third kappa shape index (κ3) is 7.81. The van der Waals surface area contributed by atoms with Gasteiger partial charge in [0, 0.05) is 30.8 Å². The van der Waals surface area contributed by atoms with E-state index in [1.165, 1.54) is 31.2 Å². The van der Waals surface area contributed by atoms with Crippen LogP contribution in [0, 0.1) is 0 Å². The minimum Gasteiger partial charge on any atom is -0.462 e. The molecule has 0 amide bonds. The van der Waals surface area contributed by atoms with E-state index in [1.807, 2.05) is 26.2 Å². The Kier molecular flexibility index (Phi) is 9.61. The number of benzene rings is 2. The zero-order valence-electron chi connectivity index (χ0n) is 20.2. The number of carbonyl (C=O) groups is 1. The second kappa shape index (κ2) is 12.9. The molecule has 0 aliphatic carbocycles. The molecule has 0 aliphatic rings. The van der Waals surface area contributed by atoms with Gasteiger partial charge in [-0.3, -0.25) is 4.79 Å². The van der Waals surface area contributed by atoms with Gasteiger partial charge < -0.3 is 4.74 Å². The quantitative estimate of drug-likeness (QED) is 0.219. The van der Waals surface area contributed by atoms with Crippen LogP contribution in [0.4, 0.5) is 0 Å². The molecule has 33 heavy (non-hydrogen) atoms. The summed E-state index contributed by atoms with van der Waals surface area (Å²) in [5.41, 5.74) is 5.71. The molecule has 1 heterocycles. The maximum atomic E-state index is 11.7. The summed E-state index contributed by atoms with van der Waals surface area (Å²) in [6.07, 6.45) is 11.9. The van der Waals surface area contributed by atoms with Gasteiger partial charge in [-0.2, -0.15) is 0 Å². The van der Waals surface area contributed by atoms with Crippen molar-refractivity contribution in [3.05, 3.63) is 72.1 Å². The van der Waals surface area contributed by atoms with E-state index in [9.17, 15) is 4.79 Å². The number of rotatable bonds is 12. The topological polar surface area (TPSA) is 52.1 Å². The van der Waals surface area contributed by atoms with Gasteiger partial charge in [0.05, 0.1) is 0 Å². The van der Waals surface area contributed by atoms with E-state index >= 15 is 0 Å². The number of ether oxygens (including phenoxy) is 1. The van der Waals surface area contributed by atoms with Crippen molar-refractivity contribution >= 4 is 5.97 Å².